The maximum atomic E-state index is 12.7. The number of rotatable bonds is 3. The van der Waals surface area contributed by atoms with Crippen molar-refractivity contribution in [2.24, 2.45) is 0 Å². The number of methoxy groups -OCH3 is 2. The third-order valence-corrected chi connectivity index (χ3v) is 6.11. The van der Waals surface area contributed by atoms with Crippen molar-refractivity contribution in [3.63, 3.8) is 0 Å². The summed E-state index contributed by atoms with van der Waals surface area (Å²) >= 11 is 0. The lowest BCUT2D eigenvalue weighted by atomic mass is 9.92. The van der Waals surface area contributed by atoms with Crippen LogP contribution < -0.4 is 0 Å². The van der Waals surface area contributed by atoms with Gasteiger partial charge in [-0.25, -0.2) is 0 Å². The number of aromatic amines is 1. The number of ether oxygens (including phenoxy) is 2. The molecule has 1 N–H and O–H groups in total. The smallest absolute Gasteiger partial charge is 0.314 e. The molecule has 1 aromatic carbocycles. The monoisotopic (exact) mass is 386 g/mol. The van der Waals surface area contributed by atoms with E-state index in [2.05, 4.69) is 42.1 Å². The van der Waals surface area contributed by atoms with E-state index in [4.69, 9.17) is 9.47 Å². The van der Waals surface area contributed by atoms with Gasteiger partial charge < -0.3 is 19.4 Å². The maximum Gasteiger partial charge on any atom is 0.314 e. The summed E-state index contributed by atoms with van der Waals surface area (Å²) in [4.78, 5) is 18.6. The number of aryl methyl sites for hydroxylation is 1. The summed E-state index contributed by atoms with van der Waals surface area (Å²) in [7, 11) is 5.44. The van der Waals surface area contributed by atoms with Crippen molar-refractivity contribution < 1.29 is 14.3 Å². The highest BCUT2D eigenvalue weighted by Gasteiger charge is 2.28. The Balaban J connectivity index is 2.04. The summed E-state index contributed by atoms with van der Waals surface area (Å²) < 4.78 is 10.9. The van der Waals surface area contributed by atoms with Crippen LogP contribution in [0.5, 0.6) is 0 Å². The Morgan fingerprint density at radius 3 is 2.75 bits per heavy atom. The molecule has 0 radical (unpaired) electrons. The molecule has 0 bridgehead atoms. The molecule has 1 aromatic heterocycles. The number of carbonyl (C=O) groups excluding carboxylic acids is 1. The van der Waals surface area contributed by atoms with Crippen molar-refractivity contribution in [2.75, 3.05) is 34.4 Å². The van der Waals surface area contributed by atoms with Crippen LogP contribution in [-0.2, 0) is 27.1 Å². The summed E-state index contributed by atoms with van der Waals surface area (Å²) in [5.41, 5.74) is 4.75. The molecule has 2 atom stereocenters. The lowest BCUT2D eigenvalue weighted by Crippen LogP contribution is -2.32. The molecule has 154 valence electrons. The van der Waals surface area contributed by atoms with E-state index in [-0.39, 0.29) is 18.0 Å². The Labute approximate surface area is 168 Å². The number of hydrogen-bond acceptors (Lipinski definition) is 4. The molecule has 0 saturated heterocycles. The highest BCUT2D eigenvalue weighted by atomic mass is 16.5. The third kappa shape index (κ3) is 4.58. The Bertz CT molecular complexity index is 798. The number of likely N-dealkylation sites (N-methyl/N-ethyl adjacent to an activating group) is 1. The Morgan fingerprint density at radius 2 is 2.04 bits per heavy atom. The zero-order valence-corrected chi connectivity index (χ0v) is 17.7. The molecule has 28 heavy (non-hydrogen) atoms. The molecule has 1 aliphatic rings. The molecular formula is C23H34N2O3. The molecule has 5 heteroatoms. The van der Waals surface area contributed by atoms with E-state index in [9.17, 15) is 4.79 Å². The number of esters is 1. The zero-order valence-electron chi connectivity index (χ0n) is 17.7. The van der Waals surface area contributed by atoms with Gasteiger partial charge in [0, 0.05) is 36.8 Å². The molecule has 2 heterocycles. The van der Waals surface area contributed by atoms with E-state index in [1.165, 1.54) is 23.6 Å². The summed E-state index contributed by atoms with van der Waals surface area (Å²) in [6, 6.07) is 6.60. The van der Waals surface area contributed by atoms with E-state index < -0.39 is 0 Å². The second kappa shape index (κ2) is 9.57. The van der Waals surface area contributed by atoms with Gasteiger partial charge in [-0.1, -0.05) is 25.8 Å². The third-order valence-electron chi connectivity index (χ3n) is 6.11. The first-order valence-electron chi connectivity index (χ1n) is 10.5. The van der Waals surface area contributed by atoms with E-state index in [1.807, 2.05) is 0 Å². The van der Waals surface area contributed by atoms with E-state index in [0.29, 0.717) is 0 Å². The topological polar surface area (TPSA) is 54.6 Å². The van der Waals surface area contributed by atoms with Gasteiger partial charge in [0.1, 0.15) is 0 Å². The van der Waals surface area contributed by atoms with Crippen molar-refractivity contribution in [3.05, 3.63) is 35.0 Å². The number of aromatic nitrogens is 1. The average Bonchev–Trinajstić information content (AvgIpc) is 3.06. The first-order valence-corrected chi connectivity index (χ1v) is 10.5. The van der Waals surface area contributed by atoms with Crippen LogP contribution in [0.4, 0.5) is 0 Å². The van der Waals surface area contributed by atoms with Crippen LogP contribution in [0.3, 0.4) is 0 Å². The number of hydrogen-bond donors (Lipinski definition) is 1. The van der Waals surface area contributed by atoms with E-state index in [1.54, 1.807) is 7.11 Å². The second-order valence-electron chi connectivity index (χ2n) is 7.98. The maximum absolute atomic E-state index is 12.7. The van der Waals surface area contributed by atoms with Gasteiger partial charge in [0.15, 0.2) is 0 Å². The largest absolute Gasteiger partial charge is 0.469 e. The molecule has 0 saturated carbocycles. The van der Waals surface area contributed by atoms with Crippen molar-refractivity contribution in [3.8, 4) is 0 Å². The van der Waals surface area contributed by atoms with Crippen LogP contribution in [0.1, 0.15) is 55.3 Å². The lowest BCUT2D eigenvalue weighted by molar-refractivity contribution is -0.142. The fourth-order valence-electron chi connectivity index (χ4n) is 4.37. The van der Waals surface area contributed by atoms with Gasteiger partial charge in [-0.2, -0.15) is 0 Å². The molecule has 5 nitrogen and oxygen atoms in total. The fraction of sp³-hybridized carbons (Fsp3) is 0.609. The molecule has 1 aliphatic heterocycles. The minimum atomic E-state index is -0.233. The number of fused-ring (bicyclic) bond motifs is 3. The molecule has 0 fully saturated rings. The van der Waals surface area contributed by atoms with Crippen LogP contribution >= 0.6 is 0 Å². The first-order chi connectivity index (χ1) is 13.6. The van der Waals surface area contributed by atoms with Gasteiger partial charge >= 0.3 is 5.97 Å². The quantitative estimate of drug-likeness (QED) is 0.809. The normalized spacial score (nSPS) is 22.3. The van der Waals surface area contributed by atoms with E-state index >= 15 is 0 Å². The number of benzene rings is 1. The molecule has 0 aliphatic carbocycles. The van der Waals surface area contributed by atoms with Crippen LogP contribution in [0.25, 0.3) is 10.9 Å². The van der Waals surface area contributed by atoms with Crippen molar-refractivity contribution in [1.29, 1.82) is 0 Å². The van der Waals surface area contributed by atoms with Crippen molar-refractivity contribution in [2.45, 2.75) is 57.5 Å². The number of H-pyrrole nitrogens is 1. The van der Waals surface area contributed by atoms with Gasteiger partial charge in [-0.05, 0) is 56.0 Å². The van der Waals surface area contributed by atoms with Crippen LogP contribution in [0, 0.1) is 0 Å². The van der Waals surface area contributed by atoms with Crippen LogP contribution in [0.2, 0.25) is 0 Å². The van der Waals surface area contributed by atoms with Gasteiger partial charge in [-0.3, -0.25) is 4.79 Å². The highest BCUT2D eigenvalue weighted by molar-refractivity contribution is 5.88. The van der Waals surface area contributed by atoms with Gasteiger partial charge in [0.05, 0.1) is 19.1 Å². The minimum absolute atomic E-state index is 0.141. The second-order valence-corrected chi connectivity index (χ2v) is 7.98. The molecule has 3 rings (SSSR count). The van der Waals surface area contributed by atoms with Crippen LogP contribution in [0.15, 0.2) is 18.2 Å². The summed E-state index contributed by atoms with van der Waals surface area (Å²) in [5, 5.41) is 1.25. The Morgan fingerprint density at radius 1 is 1.25 bits per heavy atom. The average molecular weight is 387 g/mol. The molecule has 2 aromatic rings. The van der Waals surface area contributed by atoms with E-state index in [0.717, 1.165) is 62.8 Å². The minimum Gasteiger partial charge on any atom is -0.469 e. The molecule has 2 unspecified atom stereocenters. The number of nitrogens with zero attached hydrogens (tertiary/aromatic N) is 1. The van der Waals surface area contributed by atoms with Gasteiger partial charge in [-0.15, -0.1) is 0 Å². The van der Waals surface area contributed by atoms with Crippen LogP contribution in [-0.4, -0.2) is 56.3 Å². The van der Waals surface area contributed by atoms with Gasteiger partial charge in [0.25, 0.3) is 0 Å². The van der Waals surface area contributed by atoms with Gasteiger partial charge in [0.2, 0.25) is 0 Å². The molecular weight excluding hydrogens is 352 g/mol. The van der Waals surface area contributed by atoms with Crippen molar-refractivity contribution >= 4 is 16.9 Å². The first kappa shape index (κ1) is 20.9. The fourth-order valence-corrected chi connectivity index (χ4v) is 4.37. The predicted molar refractivity (Wildman–Crippen MR) is 113 cm³/mol. The zero-order chi connectivity index (χ0) is 20.1. The number of nitrogens with one attached hydrogen (secondary N) is 1. The number of carbonyl (C=O) groups is 1. The predicted octanol–water partition coefficient (Wildman–Crippen LogP) is 4.05. The summed E-state index contributed by atoms with van der Waals surface area (Å²) in [6.45, 7) is 4.05. The molecule has 0 spiro atoms. The highest BCUT2D eigenvalue weighted by Crippen LogP contribution is 2.33. The van der Waals surface area contributed by atoms with Crippen molar-refractivity contribution in [1.82, 2.24) is 9.88 Å². The standard InChI is InChI=1S/C23H34N2O3/c1-5-16-10-11-21-20(14-16)18-12-13-25(2)15-17(27-3)8-6-7-9-19(22(18)24-21)23(26)28-4/h10-11,14,17,19,24H,5-9,12-13,15H2,1-4H3. The molecule has 0 amide bonds. The Hall–Kier alpha value is -1.85. The Kier molecular flexibility index (Phi) is 7.13. The SMILES string of the molecule is CCc1ccc2[nH]c3c(c2c1)CCN(C)CC(OC)CCCCC3C(=O)OC. The lowest BCUT2D eigenvalue weighted by Gasteiger charge is -2.25. The summed E-state index contributed by atoms with van der Waals surface area (Å²) in [5.74, 6) is -0.375. The summed E-state index contributed by atoms with van der Waals surface area (Å²) in [6.07, 6.45) is 6.02.